The fourth-order valence-corrected chi connectivity index (χ4v) is 3.09. The molecule has 0 spiro atoms. The van der Waals surface area contributed by atoms with Gasteiger partial charge in [0.05, 0.1) is 24.2 Å². The molecule has 1 aromatic rings. The molecule has 2 heterocycles. The lowest BCUT2D eigenvalue weighted by Crippen LogP contribution is -2.48. The molecule has 0 aromatic heterocycles. The number of benzene rings is 1. The average molecular weight is 356 g/mol. The zero-order valence-electron chi connectivity index (χ0n) is 13.8. The van der Waals surface area contributed by atoms with Crippen molar-refractivity contribution in [3.8, 4) is 0 Å². The van der Waals surface area contributed by atoms with Crippen LogP contribution in [0.15, 0.2) is 29.2 Å². The van der Waals surface area contributed by atoms with Crippen LogP contribution in [0.25, 0.3) is 0 Å². The Morgan fingerprint density at radius 2 is 1.88 bits per heavy atom. The third-order valence-corrected chi connectivity index (χ3v) is 4.87. The number of nitrogens with zero attached hydrogens (tertiary/aromatic N) is 1. The van der Waals surface area contributed by atoms with Gasteiger partial charge in [0.25, 0.3) is 10.1 Å². The lowest BCUT2D eigenvalue weighted by Gasteiger charge is -2.29. The largest absolute Gasteiger partial charge is 0.378 e. The summed E-state index contributed by atoms with van der Waals surface area (Å²) >= 11 is 0. The minimum absolute atomic E-state index is 0.0666. The molecule has 0 unspecified atom stereocenters. The first-order valence-electron chi connectivity index (χ1n) is 8.02. The van der Waals surface area contributed by atoms with Gasteiger partial charge in [-0.3, -0.25) is 9.35 Å². The highest BCUT2D eigenvalue weighted by Gasteiger charge is 2.27. The molecule has 2 aliphatic rings. The standard InChI is InChI=1S/C9H16N2O2.C7H8O3S/c12-9(8-2-1-3-10-8)11-4-6-13-7-5-11;1-6-2-4-7(5-3-6)11(8,9)10/h8,10H,1-7H2;2-5H,1H3,(H,8,9,10)/t8-;/m0./s1. The molecule has 1 atom stereocenters. The Labute approximate surface area is 142 Å². The molecule has 24 heavy (non-hydrogen) atoms. The Hall–Kier alpha value is -1.48. The molecule has 2 fully saturated rings. The van der Waals surface area contributed by atoms with E-state index in [1.807, 2.05) is 11.8 Å². The van der Waals surface area contributed by atoms with Gasteiger partial charge in [0.2, 0.25) is 5.91 Å². The number of amides is 1. The van der Waals surface area contributed by atoms with E-state index in [0.717, 1.165) is 38.0 Å². The minimum Gasteiger partial charge on any atom is -0.378 e. The van der Waals surface area contributed by atoms with Crippen LogP contribution in [0.2, 0.25) is 0 Å². The Bertz CT molecular complexity index is 633. The van der Waals surface area contributed by atoms with Gasteiger partial charge in [0.1, 0.15) is 0 Å². The molecule has 0 aliphatic carbocycles. The van der Waals surface area contributed by atoms with Crippen molar-refractivity contribution in [1.82, 2.24) is 10.2 Å². The summed E-state index contributed by atoms with van der Waals surface area (Å²) in [6, 6.07) is 6.07. The van der Waals surface area contributed by atoms with Gasteiger partial charge in [0, 0.05) is 13.1 Å². The summed E-state index contributed by atoms with van der Waals surface area (Å²) in [6.07, 6.45) is 2.12. The molecule has 2 N–H and O–H groups in total. The first-order chi connectivity index (χ1) is 11.4. The predicted molar refractivity (Wildman–Crippen MR) is 89.4 cm³/mol. The topological polar surface area (TPSA) is 95.9 Å². The summed E-state index contributed by atoms with van der Waals surface area (Å²) < 4.78 is 34.7. The molecule has 2 aliphatic heterocycles. The molecule has 7 nitrogen and oxygen atoms in total. The Kier molecular flexibility index (Phi) is 6.73. The highest BCUT2D eigenvalue weighted by atomic mass is 32.2. The molecule has 3 rings (SSSR count). The number of carbonyl (C=O) groups is 1. The van der Waals surface area contributed by atoms with Crippen LogP contribution < -0.4 is 5.32 Å². The van der Waals surface area contributed by atoms with Crippen molar-refractivity contribution in [3.05, 3.63) is 29.8 Å². The summed E-state index contributed by atoms with van der Waals surface area (Å²) in [5.41, 5.74) is 0.956. The SMILES string of the molecule is Cc1ccc(S(=O)(=O)O)cc1.O=C([C@@H]1CCCN1)N1CCOCC1. The lowest BCUT2D eigenvalue weighted by molar-refractivity contribution is -0.137. The molecule has 2 saturated heterocycles. The number of carbonyl (C=O) groups excluding carboxylic acids is 1. The average Bonchev–Trinajstić information content (AvgIpc) is 3.09. The fraction of sp³-hybridized carbons (Fsp3) is 0.562. The Morgan fingerprint density at radius 1 is 1.25 bits per heavy atom. The maximum absolute atomic E-state index is 11.8. The van der Waals surface area contributed by atoms with E-state index < -0.39 is 10.1 Å². The molecular formula is C16H24N2O5S. The quantitative estimate of drug-likeness (QED) is 0.763. The van der Waals surface area contributed by atoms with Gasteiger partial charge in [-0.2, -0.15) is 8.42 Å². The van der Waals surface area contributed by atoms with Crippen molar-refractivity contribution in [2.45, 2.75) is 30.7 Å². The third-order valence-electron chi connectivity index (χ3n) is 4.00. The van der Waals surface area contributed by atoms with Crippen molar-refractivity contribution < 1.29 is 22.5 Å². The van der Waals surface area contributed by atoms with Gasteiger partial charge in [0.15, 0.2) is 0 Å². The normalized spacial score (nSPS) is 21.1. The van der Waals surface area contributed by atoms with Crippen molar-refractivity contribution in [2.24, 2.45) is 0 Å². The summed E-state index contributed by atoms with van der Waals surface area (Å²) in [5, 5.41) is 3.22. The number of morpholine rings is 1. The van der Waals surface area contributed by atoms with Gasteiger partial charge < -0.3 is 15.0 Å². The van der Waals surface area contributed by atoms with E-state index in [4.69, 9.17) is 9.29 Å². The van der Waals surface area contributed by atoms with E-state index in [9.17, 15) is 13.2 Å². The molecule has 8 heteroatoms. The molecule has 0 radical (unpaired) electrons. The monoisotopic (exact) mass is 356 g/mol. The number of aryl methyl sites for hydroxylation is 1. The van der Waals surface area contributed by atoms with E-state index in [-0.39, 0.29) is 16.8 Å². The number of rotatable bonds is 2. The van der Waals surface area contributed by atoms with E-state index in [1.165, 1.54) is 12.1 Å². The Morgan fingerprint density at radius 3 is 2.38 bits per heavy atom. The van der Waals surface area contributed by atoms with Gasteiger partial charge in [-0.15, -0.1) is 0 Å². The maximum atomic E-state index is 11.8. The van der Waals surface area contributed by atoms with Crippen LogP contribution in [0.5, 0.6) is 0 Å². The summed E-state index contributed by atoms with van der Waals surface area (Å²) in [6.45, 7) is 5.74. The van der Waals surface area contributed by atoms with Gasteiger partial charge in [-0.25, -0.2) is 0 Å². The van der Waals surface area contributed by atoms with E-state index in [0.29, 0.717) is 13.2 Å². The summed E-state index contributed by atoms with van der Waals surface area (Å²) in [7, 11) is -4.02. The second kappa shape index (κ2) is 8.57. The van der Waals surface area contributed by atoms with Crippen LogP contribution in [0.4, 0.5) is 0 Å². The molecule has 1 amide bonds. The first-order valence-corrected chi connectivity index (χ1v) is 9.46. The zero-order valence-corrected chi connectivity index (χ0v) is 14.6. The van der Waals surface area contributed by atoms with E-state index in [2.05, 4.69) is 5.32 Å². The van der Waals surface area contributed by atoms with Crippen molar-refractivity contribution >= 4 is 16.0 Å². The van der Waals surface area contributed by atoms with E-state index >= 15 is 0 Å². The molecule has 1 aromatic carbocycles. The lowest BCUT2D eigenvalue weighted by atomic mass is 10.2. The molecule has 0 saturated carbocycles. The number of hydrogen-bond donors (Lipinski definition) is 2. The van der Waals surface area contributed by atoms with Crippen LogP contribution in [-0.2, 0) is 19.6 Å². The van der Waals surface area contributed by atoms with Gasteiger partial charge >= 0.3 is 0 Å². The van der Waals surface area contributed by atoms with Crippen LogP contribution in [0.1, 0.15) is 18.4 Å². The van der Waals surface area contributed by atoms with E-state index in [1.54, 1.807) is 12.1 Å². The van der Waals surface area contributed by atoms with Crippen LogP contribution in [0, 0.1) is 6.92 Å². The third kappa shape index (κ3) is 5.55. The minimum atomic E-state index is -4.02. The van der Waals surface area contributed by atoms with Crippen LogP contribution in [-0.4, -0.2) is 62.7 Å². The second-order valence-electron chi connectivity index (χ2n) is 5.87. The maximum Gasteiger partial charge on any atom is 0.294 e. The molecule has 134 valence electrons. The smallest absolute Gasteiger partial charge is 0.294 e. The van der Waals surface area contributed by atoms with Crippen molar-refractivity contribution in [3.63, 3.8) is 0 Å². The van der Waals surface area contributed by atoms with Crippen LogP contribution >= 0.6 is 0 Å². The predicted octanol–water partition coefficient (Wildman–Crippen LogP) is 0.839. The second-order valence-corrected chi connectivity index (χ2v) is 7.30. The van der Waals surface area contributed by atoms with Crippen LogP contribution in [0.3, 0.4) is 0 Å². The van der Waals surface area contributed by atoms with Gasteiger partial charge in [-0.05, 0) is 38.4 Å². The highest BCUT2D eigenvalue weighted by Crippen LogP contribution is 2.10. The summed E-state index contributed by atoms with van der Waals surface area (Å²) in [4.78, 5) is 13.7. The first kappa shape index (κ1) is 18.9. The summed E-state index contributed by atoms with van der Waals surface area (Å²) in [5.74, 6) is 0.265. The molecule has 0 bridgehead atoms. The zero-order chi connectivity index (χ0) is 17.6. The molecular weight excluding hydrogens is 332 g/mol. The fourth-order valence-electron chi connectivity index (χ4n) is 2.61. The Balaban J connectivity index is 0.000000177. The van der Waals surface area contributed by atoms with Crippen molar-refractivity contribution in [1.29, 1.82) is 0 Å². The van der Waals surface area contributed by atoms with Crippen molar-refractivity contribution in [2.75, 3.05) is 32.8 Å². The number of hydrogen-bond acceptors (Lipinski definition) is 5. The number of nitrogens with one attached hydrogen (secondary N) is 1. The van der Waals surface area contributed by atoms with Gasteiger partial charge in [-0.1, -0.05) is 17.7 Å². The highest BCUT2D eigenvalue weighted by molar-refractivity contribution is 7.85. The number of ether oxygens (including phenoxy) is 1.